The lowest BCUT2D eigenvalue weighted by Crippen LogP contribution is -2.33. The molecule has 0 aliphatic rings. The zero-order valence-corrected chi connectivity index (χ0v) is 14.9. The minimum atomic E-state index is -0.0979. The summed E-state index contributed by atoms with van der Waals surface area (Å²) >= 11 is 0. The first-order valence-corrected chi connectivity index (χ1v) is 8.24. The number of likely N-dealkylation sites (N-methyl/N-ethyl adjacent to an activating group) is 1. The number of azo groups is 1. The summed E-state index contributed by atoms with van der Waals surface area (Å²) in [6, 6.07) is 14.8. The molecule has 1 N–H and O–H groups in total. The van der Waals surface area contributed by atoms with E-state index in [-0.39, 0.29) is 12.5 Å². The van der Waals surface area contributed by atoms with Crippen molar-refractivity contribution in [3.63, 3.8) is 0 Å². The van der Waals surface area contributed by atoms with Crippen molar-refractivity contribution in [2.75, 3.05) is 38.7 Å². The Balaban J connectivity index is 2.05. The number of carbonyl (C=O) groups excluding carboxylic acids is 1. The van der Waals surface area contributed by atoms with E-state index in [1.54, 1.807) is 29.2 Å². The average Bonchev–Trinajstić information content (AvgIpc) is 2.64. The number of amides is 1. The van der Waals surface area contributed by atoms with E-state index in [0.717, 1.165) is 11.4 Å². The van der Waals surface area contributed by atoms with Crippen LogP contribution >= 0.6 is 0 Å². The monoisotopic (exact) mass is 340 g/mol. The molecule has 0 aliphatic heterocycles. The molecule has 0 spiro atoms. The van der Waals surface area contributed by atoms with Crippen molar-refractivity contribution in [2.24, 2.45) is 10.2 Å². The molecule has 0 saturated carbocycles. The molecule has 132 valence electrons. The van der Waals surface area contributed by atoms with Gasteiger partial charge in [0.2, 0.25) is 0 Å². The minimum Gasteiger partial charge on any atom is -0.395 e. The van der Waals surface area contributed by atoms with Crippen LogP contribution in [0.2, 0.25) is 0 Å². The normalized spacial score (nSPS) is 10.9. The number of hydrogen-bond acceptors (Lipinski definition) is 5. The molecule has 0 fully saturated rings. The zero-order chi connectivity index (χ0) is 18.2. The molecule has 6 heteroatoms. The van der Waals surface area contributed by atoms with Crippen molar-refractivity contribution < 1.29 is 9.90 Å². The van der Waals surface area contributed by atoms with Gasteiger partial charge in [-0.25, -0.2) is 0 Å². The van der Waals surface area contributed by atoms with Crippen LogP contribution in [-0.4, -0.2) is 49.7 Å². The highest BCUT2D eigenvalue weighted by Crippen LogP contribution is 2.21. The number of aliphatic hydroxyl groups excluding tert-OH is 1. The van der Waals surface area contributed by atoms with E-state index < -0.39 is 0 Å². The summed E-state index contributed by atoms with van der Waals surface area (Å²) in [4.78, 5) is 15.9. The molecular formula is C19H24N4O2. The number of benzene rings is 2. The first-order chi connectivity index (χ1) is 12.0. The first-order valence-electron chi connectivity index (χ1n) is 8.24. The largest absolute Gasteiger partial charge is 0.395 e. The summed E-state index contributed by atoms with van der Waals surface area (Å²) < 4.78 is 0. The Morgan fingerprint density at radius 3 is 1.92 bits per heavy atom. The van der Waals surface area contributed by atoms with E-state index in [1.165, 1.54) is 0 Å². The number of nitrogens with zero attached hydrogens (tertiary/aromatic N) is 4. The van der Waals surface area contributed by atoms with Crippen LogP contribution in [0.15, 0.2) is 58.8 Å². The van der Waals surface area contributed by atoms with Gasteiger partial charge in [-0.15, -0.1) is 0 Å². The van der Waals surface area contributed by atoms with Gasteiger partial charge in [-0.2, -0.15) is 10.2 Å². The summed E-state index contributed by atoms with van der Waals surface area (Å²) in [5.41, 5.74) is 3.12. The van der Waals surface area contributed by atoms with Crippen LogP contribution in [0, 0.1) is 0 Å². The van der Waals surface area contributed by atoms with Crippen LogP contribution in [0.1, 0.15) is 17.3 Å². The molecule has 0 heterocycles. The smallest absolute Gasteiger partial charge is 0.253 e. The Morgan fingerprint density at radius 2 is 1.48 bits per heavy atom. The molecule has 2 aromatic carbocycles. The maximum Gasteiger partial charge on any atom is 0.253 e. The lowest BCUT2D eigenvalue weighted by Gasteiger charge is -2.19. The van der Waals surface area contributed by atoms with Crippen molar-refractivity contribution in [1.29, 1.82) is 0 Å². The van der Waals surface area contributed by atoms with Crippen molar-refractivity contribution in [3.05, 3.63) is 54.1 Å². The van der Waals surface area contributed by atoms with E-state index in [9.17, 15) is 4.79 Å². The quantitative estimate of drug-likeness (QED) is 0.783. The molecule has 2 aromatic rings. The topological polar surface area (TPSA) is 68.5 Å². The van der Waals surface area contributed by atoms with E-state index in [4.69, 9.17) is 5.11 Å². The van der Waals surface area contributed by atoms with Gasteiger partial charge >= 0.3 is 0 Å². The van der Waals surface area contributed by atoms with E-state index >= 15 is 0 Å². The van der Waals surface area contributed by atoms with Gasteiger partial charge in [0, 0.05) is 38.4 Å². The van der Waals surface area contributed by atoms with Crippen LogP contribution in [0.5, 0.6) is 0 Å². The highest BCUT2D eigenvalue weighted by Gasteiger charge is 2.13. The van der Waals surface area contributed by atoms with E-state index in [1.807, 2.05) is 50.2 Å². The van der Waals surface area contributed by atoms with Gasteiger partial charge in [-0.1, -0.05) is 0 Å². The Bertz CT molecular complexity index is 709. The van der Waals surface area contributed by atoms with Gasteiger partial charge < -0.3 is 14.9 Å². The number of anilines is 1. The maximum absolute atomic E-state index is 12.3. The van der Waals surface area contributed by atoms with Gasteiger partial charge in [0.05, 0.1) is 18.0 Å². The fourth-order valence-electron chi connectivity index (χ4n) is 2.31. The molecule has 0 unspecified atom stereocenters. The molecule has 2 rings (SSSR count). The van der Waals surface area contributed by atoms with Gasteiger partial charge in [0.1, 0.15) is 0 Å². The SMILES string of the molecule is CCN(CCO)C(=O)c1ccc(N=Nc2ccc(N(C)C)cc2)cc1. The lowest BCUT2D eigenvalue weighted by molar-refractivity contribution is 0.0732. The minimum absolute atomic E-state index is 0.0432. The second-order valence-corrected chi connectivity index (χ2v) is 5.77. The fourth-order valence-corrected chi connectivity index (χ4v) is 2.31. The Labute approximate surface area is 148 Å². The van der Waals surface area contributed by atoms with Crippen LogP contribution < -0.4 is 4.90 Å². The summed E-state index contributed by atoms with van der Waals surface area (Å²) in [5, 5.41) is 17.4. The number of rotatable bonds is 7. The predicted molar refractivity (Wildman–Crippen MR) is 100 cm³/mol. The Kier molecular flexibility index (Phi) is 6.65. The molecule has 0 saturated heterocycles. The first kappa shape index (κ1) is 18.6. The van der Waals surface area contributed by atoms with Gasteiger partial charge in [0.15, 0.2) is 0 Å². The molecular weight excluding hydrogens is 316 g/mol. The fraction of sp³-hybridized carbons (Fsp3) is 0.316. The molecule has 0 bridgehead atoms. The van der Waals surface area contributed by atoms with Crippen LogP contribution in [-0.2, 0) is 0 Å². The summed E-state index contributed by atoms with van der Waals surface area (Å²) in [5.74, 6) is -0.0979. The van der Waals surface area contributed by atoms with Crippen LogP contribution in [0.25, 0.3) is 0 Å². The van der Waals surface area contributed by atoms with Crippen molar-refractivity contribution in [1.82, 2.24) is 4.90 Å². The lowest BCUT2D eigenvalue weighted by atomic mass is 10.2. The molecule has 0 atom stereocenters. The highest BCUT2D eigenvalue weighted by atomic mass is 16.3. The molecule has 0 radical (unpaired) electrons. The Morgan fingerprint density at radius 1 is 0.960 bits per heavy atom. The predicted octanol–water partition coefficient (Wildman–Crippen LogP) is 3.62. The van der Waals surface area contributed by atoms with Gasteiger partial charge in [-0.05, 0) is 55.5 Å². The van der Waals surface area contributed by atoms with Crippen molar-refractivity contribution in [2.45, 2.75) is 6.92 Å². The molecule has 0 aliphatic carbocycles. The third kappa shape index (κ3) is 5.12. The maximum atomic E-state index is 12.3. The molecule has 6 nitrogen and oxygen atoms in total. The van der Waals surface area contributed by atoms with Crippen LogP contribution in [0.4, 0.5) is 17.1 Å². The Hall–Kier alpha value is -2.73. The van der Waals surface area contributed by atoms with Crippen LogP contribution in [0.3, 0.4) is 0 Å². The summed E-state index contributed by atoms with van der Waals surface area (Å²) in [6.45, 7) is 2.74. The summed E-state index contributed by atoms with van der Waals surface area (Å²) in [6.07, 6.45) is 0. The highest BCUT2D eigenvalue weighted by molar-refractivity contribution is 5.94. The van der Waals surface area contributed by atoms with Gasteiger partial charge in [-0.3, -0.25) is 4.79 Å². The van der Waals surface area contributed by atoms with Crippen molar-refractivity contribution in [3.8, 4) is 0 Å². The molecule has 0 aromatic heterocycles. The number of aliphatic hydroxyl groups is 1. The van der Waals surface area contributed by atoms with E-state index in [0.29, 0.717) is 24.3 Å². The molecule has 25 heavy (non-hydrogen) atoms. The third-order valence-electron chi connectivity index (χ3n) is 3.80. The van der Waals surface area contributed by atoms with E-state index in [2.05, 4.69) is 10.2 Å². The molecule has 1 amide bonds. The zero-order valence-electron chi connectivity index (χ0n) is 14.9. The van der Waals surface area contributed by atoms with Crippen molar-refractivity contribution >= 4 is 23.0 Å². The third-order valence-corrected chi connectivity index (χ3v) is 3.80. The second kappa shape index (κ2) is 8.94. The number of carbonyl (C=O) groups is 1. The standard InChI is InChI=1S/C19H24N4O2/c1-4-23(13-14-24)19(25)15-5-7-16(8-6-15)20-21-17-9-11-18(12-10-17)22(2)3/h5-12,24H,4,13-14H2,1-3H3. The van der Waals surface area contributed by atoms with Gasteiger partial charge in [0.25, 0.3) is 5.91 Å². The average molecular weight is 340 g/mol. The second-order valence-electron chi connectivity index (χ2n) is 5.77. The summed E-state index contributed by atoms with van der Waals surface area (Å²) in [7, 11) is 3.97. The number of hydrogen-bond donors (Lipinski definition) is 1.